The molecule has 7 nitrogen and oxygen atoms in total. The van der Waals surface area contributed by atoms with Gasteiger partial charge in [-0.2, -0.15) is 0 Å². The number of nitrogens with zero attached hydrogens (tertiary/aromatic N) is 4. The zero-order valence-electron chi connectivity index (χ0n) is 11.6. The molecule has 110 valence electrons. The van der Waals surface area contributed by atoms with Crippen molar-refractivity contribution in [2.45, 2.75) is 38.0 Å². The molecule has 0 spiro atoms. The Kier molecular flexibility index (Phi) is 4.09. The highest BCUT2D eigenvalue weighted by Gasteiger charge is 2.30. The van der Waals surface area contributed by atoms with Gasteiger partial charge in [-0.05, 0) is 41.8 Å². The topological polar surface area (TPSA) is 81.9 Å². The van der Waals surface area contributed by atoms with Crippen molar-refractivity contribution in [3.8, 4) is 5.75 Å². The average molecular weight is 287 g/mol. The van der Waals surface area contributed by atoms with Crippen LogP contribution in [0.5, 0.6) is 5.75 Å². The van der Waals surface area contributed by atoms with E-state index < -0.39 is 0 Å². The van der Waals surface area contributed by atoms with Gasteiger partial charge in [0.2, 0.25) is 5.91 Å². The van der Waals surface area contributed by atoms with Crippen LogP contribution in [0, 0.1) is 0 Å². The van der Waals surface area contributed by atoms with Crippen molar-refractivity contribution in [1.82, 2.24) is 25.5 Å². The van der Waals surface area contributed by atoms with Gasteiger partial charge in [-0.25, -0.2) is 4.68 Å². The van der Waals surface area contributed by atoms with Gasteiger partial charge >= 0.3 is 0 Å². The van der Waals surface area contributed by atoms with Gasteiger partial charge in [0.25, 0.3) is 0 Å². The molecule has 1 aliphatic rings. The molecule has 3 rings (SSSR count). The number of benzene rings is 1. The number of amides is 1. The lowest BCUT2D eigenvalue weighted by atomic mass is 10.2. The summed E-state index contributed by atoms with van der Waals surface area (Å²) in [5, 5.41) is 13.7. The zero-order chi connectivity index (χ0) is 14.5. The Morgan fingerprint density at radius 1 is 1.33 bits per heavy atom. The molecule has 2 atom stereocenters. The van der Waals surface area contributed by atoms with E-state index in [1.54, 1.807) is 0 Å². The minimum absolute atomic E-state index is 0.0187. The summed E-state index contributed by atoms with van der Waals surface area (Å²) in [4.78, 5) is 12.0. The molecule has 7 heteroatoms. The van der Waals surface area contributed by atoms with E-state index in [4.69, 9.17) is 4.74 Å². The van der Waals surface area contributed by atoms with Gasteiger partial charge in [-0.1, -0.05) is 18.2 Å². The summed E-state index contributed by atoms with van der Waals surface area (Å²) in [7, 11) is 0. The molecule has 0 radical (unpaired) electrons. The molecule has 1 heterocycles. The number of tetrazole rings is 1. The smallest absolute Gasteiger partial charge is 0.242 e. The Bertz CT molecular complexity index is 572. The third-order valence-corrected chi connectivity index (χ3v) is 3.53. The molecule has 1 aliphatic carbocycles. The maximum Gasteiger partial charge on any atom is 0.242 e. The second-order valence-electron chi connectivity index (χ2n) is 5.08. The Morgan fingerprint density at radius 2 is 2.19 bits per heavy atom. The number of aromatic nitrogens is 4. The molecule has 1 saturated carbocycles. The summed E-state index contributed by atoms with van der Waals surface area (Å²) < 4.78 is 7.36. The van der Waals surface area contributed by atoms with Crippen molar-refractivity contribution in [2.75, 3.05) is 0 Å². The van der Waals surface area contributed by atoms with Crippen LogP contribution < -0.4 is 10.1 Å². The number of hydrogen-bond acceptors (Lipinski definition) is 5. The Morgan fingerprint density at radius 3 is 2.95 bits per heavy atom. The SMILES string of the molecule is O=C(Cn1cnnn1)N[C@H]1CCC[C@H]1Oc1ccccc1. The minimum Gasteiger partial charge on any atom is -0.488 e. The van der Waals surface area contributed by atoms with Crippen molar-refractivity contribution < 1.29 is 9.53 Å². The number of ether oxygens (including phenoxy) is 1. The maximum absolute atomic E-state index is 12.0. The van der Waals surface area contributed by atoms with Gasteiger partial charge in [0.1, 0.15) is 24.7 Å². The summed E-state index contributed by atoms with van der Waals surface area (Å²) in [5.74, 6) is 0.736. The summed E-state index contributed by atoms with van der Waals surface area (Å²) in [6, 6.07) is 9.73. The predicted molar refractivity (Wildman–Crippen MR) is 74.5 cm³/mol. The van der Waals surface area contributed by atoms with E-state index >= 15 is 0 Å². The monoisotopic (exact) mass is 287 g/mol. The van der Waals surface area contributed by atoms with Gasteiger partial charge in [0.05, 0.1) is 6.04 Å². The van der Waals surface area contributed by atoms with Crippen LogP contribution in [0.4, 0.5) is 0 Å². The molecular weight excluding hydrogens is 270 g/mol. The van der Waals surface area contributed by atoms with Gasteiger partial charge in [-0.3, -0.25) is 4.79 Å². The van der Waals surface area contributed by atoms with Crippen LogP contribution in [0.15, 0.2) is 36.7 Å². The van der Waals surface area contributed by atoms with Crippen LogP contribution in [0.1, 0.15) is 19.3 Å². The summed E-state index contributed by atoms with van der Waals surface area (Å²) in [5.41, 5.74) is 0. The quantitative estimate of drug-likeness (QED) is 0.879. The first-order chi connectivity index (χ1) is 10.3. The van der Waals surface area contributed by atoms with Gasteiger partial charge in [0, 0.05) is 0 Å². The lowest BCUT2D eigenvalue weighted by molar-refractivity contribution is -0.123. The second-order valence-corrected chi connectivity index (χ2v) is 5.08. The number of nitrogens with one attached hydrogen (secondary N) is 1. The first-order valence-electron chi connectivity index (χ1n) is 7.03. The van der Waals surface area contributed by atoms with E-state index in [1.807, 2.05) is 30.3 Å². The minimum atomic E-state index is -0.101. The van der Waals surface area contributed by atoms with E-state index in [0.717, 1.165) is 25.0 Å². The van der Waals surface area contributed by atoms with Crippen LogP contribution >= 0.6 is 0 Å². The number of hydrogen-bond donors (Lipinski definition) is 1. The fraction of sp³-hybridized carbons (Fsp3) is 0.429. The molecule has 1 fully saturated rings. The third kappa shape index (κ3) is 3.56. The summed E-state index contributed by atoms with van der Waals surface area (Å²) in [6.07, 6.45) is 4.37. The molecule has 1 aromatic heterocycles. The highest BCUT2D eigenvalue weighted by atomic mass is 16.5. The van der Waals surface area contributed by atoms with Crippen molar-refractivity contribution in [2.24, 2.45) is 0 Å². The van der Waals surface area contributed by atoms with E-state index in [2.05, 4.69) is 20.8 Å². The molecule has 21 heavy (non-hydrogen) atoms. The van der Waals surface area contributed by atoms with Crippen LogP contribution in [-0.4, -0.2) is 38.3 Å². The van der Waals surface area contributed by atoms with Crippen LogP contribution in [0.25, 0.3) is 0 Å². The standard InChI is InChI=1S/C14H17N5O2/c20-14(9-19-10-15-17-18-19)16-12-7-4-8-13(12)21-11-5-2-1-3-6-11/h1-3,5-6,10,12-13H,4,7-9H2,(H,16,20)/t12-,13+/m0/s1. The summed E-state index contributed by atoms with van der Waals surface area (Å²) >= 11 is 0. The lowest BCUT2D eigenvalue weighted by Gasteiger charge is -2.22. The zero-order valence-corrected chi connectivity index (χ0v) is 11.6. The molecular formula is C14H17N5O2. The second kappa shape index (κ2) is 6.34. The predicted octanol–water partition coefficient (Wildman–Crippen LogP) is 0.789. The number of carbonyl (C=O) groups is 1. The maximum atomic E-state index is 12.0. The first-order valence-corrected chi connectivity index (χ1v) is 7.03. The van der Waals surface area contributed by atoms with Crippen LogP contribution in [0.2, 0.25) is 0 Å². The molecule has 1 aromatic carbocycles. The number of para-hydroxylation sites is 1. The van der Waals surface area contributed by atoms with E-state index in [0.29, 0.717) is 0 Å². The molecule has 2 aromatic rings. The molecule has 0 saturated heterocycles. The van der Waals surface area contributed by atoms with Gasteiger partial charge in [-0.15, -0.1) is 5.10 Å². The molecule has 0 unspecified atom stereocenters. The molecule has 1 amide bonds. The molecule has 1 N–H and O–H groups in total. The lowest BCUT2D eigenvalue weighted by Crippen LogP contribution is -2.43. The first kappa shape index (κ1) is 13.5. The molecule has 0 bridgehead atoms. The highest BCUT2D eigenvalue weighted by molar-refractivity contribution is 5.76. The van der Waals surface area contributed by atoms with Crippen molar-refractivity contribution >= 4 is 5.91 Å². The number of rotatable bonds is 5. The van der Waals surface area contributed by atoms with Crippen molar-refractivity contribution in [3.63, 3.8) is 0 Å². The molecule has 0 aliphatic heterocycles. The van der Waals surface area contributed by atoms with E-state index in [-0.39, 0.29) is 24.6 Å². The van der Waals surface area contributed by atoms with Crippen LogP contribution in [0.3, 0.4) is 0 Å². The van der Waals surface area contributed by atoms with Gasteiger partial charge in [0.15, 0.2) is 0 Å². The Labute approximate surface area is 122 Å². The highest BCUT2D eigenvalue weighted by Crippen LogP contribution is 2.24. The van der Waals surface area contributed by atoms with Crippen molar-refractivity contribution in [3.05, 3.63) is 36.7 Å². The normalized spacial score (nSPS) is 21.1. The van der Waals surface area contributed by atoms with Crippen molar-refractivity contribution in [1.29, 1.82) is 0 Å². The van der Waals surface area contributed by atoms with E-state index in [1.165, 1.54) is 11.0 Å². The summed E-state index contributed by atoms with van der Waals surface area (Å²) in [6.45, 7) is 0.127. The van der Waals surface area contributed by atoms with Gasteiger partial charge < -0.3 is 10.1 Å². The van der Waals surface area contributed by atoms with Crippen LogP contribution in [-0.2, 0) is 11.3 Å². The average Bonchev–Trinajstić information content (AvgIpc) is 3.13. The third-order valence-electron chi connectivity index (χ3n) is 3.53. The Balaban J connectivity index is 1.55. The fourth-order valence-electron chi connectivity index (χ4n) is 2.56. The number of carbonyl (C=O) groups excluding carboxylic acids is 1. The van der Waals surface area contributed by atoms with E-state index in [9.17, 15) is 4.79 Å². The Hall–Kier alpha value is -2.44. The largest absolute Gasteiger partial charge is 0.488 e. The fourth-order valence-corrected chi connectivity index (χ4v) is 2.56.